The summed E-state index contributed by atoms with van der Waals surface area (Å²) in [5, 5.41) is 38.1. The molecule has 188 valence electrons. The molecule has 6 rings (SSSR count). The minimum Gasteiger partial charge on any atom is -0.715 e. The van der Waals surface area contributed by atoms with Gasteiger partial charge >= 0.3 is 0 Å². The van der Waals surface area contributed by atoms with E-state index in [0.29, 0.717) is 10.1 Å². The molecule has 3 aromatic carbocycles. The molecule has 0 saturated heterocycles. The first-order valence-electron chi connectivity index (χ1n) is 12.0. The summed E-state index contributed by atoms with van der Waals surface area (Å²) in [6, 6.07) is 20.9. The van der Waals surface area contributed by atoms with Gasteiger partial charge in [0.25, 0.3) is 10.0 Å². The number of benzene rings is 2. The van der Waals surface area contributed by atoms with Crippen molar-refractivity contribution in [2.45, 2.75) is 43.4 Å². The van der Waals surface area contributed by atoms with Crippen LogP contribution in [-0.4, -0.2) is 26.7 Å². The normalized spacial score (nSPS) is 20.6. The third-order valence-electron chi connectivity index (χ3n) is 7.48. The van der Waals surface area contributed by atoms with Gasteiger partial charge in [-0.05, 0) is 96.6 Å². The number of rotatable bonds is 3. The Kier molecular flexibility index (Phi) is 6.16. The molecule has 2 aliphatic rings. The number of fused-ring (bicyclic) bond motifs is 4. The average Bonchev–Trinajstić information content (AvgIpc) is 3.60. The molecule has 0 aliphatic carbocycles. The van der Waals surface area contributed by atoms with Gasteiger partial charge in [0.1, 0.15) is 26.4 Å². The van der Waals surface area contributed by atoms with Gasteiger partial charge in [0.15, 0.2) is 0 Å². The molecule has 0 amide bonds. The summed E-state index contributed by atoms with van der Waals surface area (Å²) >= 11 is 7.45. The molecular weight excluding hydrogens is 537 g/mol. The van der Waals surface area contributed by atoms with Gasteiger partial charge in [-0.15, -0.1) is 11.8 Å². The van der Waals surface area contributed by atoms with Crippen LogP contribution in [0.2, 0.25) is 0 Å². The predicted octanol–water partition coefficient (Wildman–Crippen LogP) is 9.06. The maximum Gasteiger partial charge on any atom is 0.279 e. The van der Waals surface area contributed by atoms with Crippen molar-refractivity contribution in [1.29, 1.82) is 0 Å². The van der Waals surface area contributed by atoms with E-state index in [0.717, 1.165) is 31.3 Å². The van der Waals surface area contributed by atoms with E-state index in [2.05, 4.69) is 64.7 Å². The van der Waals surface area contributed by atoms with E-state index in [1.165, 1.54) is 14.7 Å². The number of hydrogen-bond donors (Lipinski definition) is 0. The summed E-state index contributed by atoms with van der Waals surface area (Å²) in [5.74, 6) is 0.168. The van der Waals surface area contributed by atoms with Gasteiger partial charge in [0.2, 0.25) is 0 Å². The molecule has 2 aliphatic heterocycles. The van der Waals surface area contributed by atoms with E-state index in [4.69, 9.17) is 0 Å². The van der Waals surface area contributed by atoms with E-state index >= 15 is 0 Å². The Morgan fingerprint density at radius 2 is 1.43 bits per heavy atom. The second-order valence-electron chi connectivity index (χ2n) is 10.4. The third-order valence-corrected chi connectivity index (χ3v) is 13.0. The van der Waals surface area contributed by atoms with Crippen LogP contribution < -0.4 is 0 Å². The zero-order valence-corrected chi connectivity index (χ0v) is 24.2. The molecule has 1 unspecified atom stereocenters. The van der Waals surface area contributed by atoms with Crippen LogP contribution >= 0.6 is 46.2 Å². The van der Waals surface area contributed by atoms with Gasteiger partial charge in [-0.1, -0.05) is 36.0 Å². The van der Waals surface area contributed by atoms with Crippen LogP contribution in [0, 0.1) is 10.4 Å². The van der Waals surface area contributed by atoms with E-state index in [9.17, 15) is 10.4 Å². The molecule has 0 saturated carbocycles. The molecule has 3 heterocycles. The summed E-state index contributed by atoms with van der Waals surface area (Å²) in [6.07, 6.45) is 0. The maximum absolute atomic E-state index is 13.2. The van der Waals surface area contributed by atoms with Crippen molar-refractivity contribution in [1.82, 2.24) is 5.06 Å². The fourth-order valence-corrected chi connectivity index (χ4v) is 9.54. The lowest BCUT2D eigenvalue weighted by Crippen LogP contribution is -2.52. The zero-order chi connectivity index (χ0) is 25.9. The van der Waals surface area contributed by atoms with Gasteiger partial charge in [0, 0.05) is 4.91 Å². The lowest BCUT2D eigenvalue weighted by Gasteiger charge is -2.39. The summed E-state index contributed by atoms with van der Waals surface area (Å²) in [5.41, 5.74) is 0.169. The van der Waals surface area contributed by atoms with Crippen LogP contribution in [0.3, 0.4) is 0 Å². The fraction of sp³-hybridized carbons (Fsp3) is 0.241. The third kappa shape index (κ3) is 4.29. The van der Waals surface area contributed by atoms with E-state index in [1.54, 1.807) is 0 Å². The Morgan fingerprint density at radius 3 is 1.92 bits per heavy atom. The lowest BCUT2D eigenvalue weighted by molar-refractivity contribution is -0.539. The lowest BCUT2D eigenvalue weighted by atomic mass is 9.84. The van der Waals surface area contributed by atoms with Gasteiger partial charge < -0.3 is 10.4 Å². The molecular formula is C29H26N2O2S4. The van der Waals surface area contributed by atoms with Crippen LogP contribution in [0.15, 0.2) is 76.8 Å². The Morgan fingerprint density at radius 1 is 0.865 bits per heavy atom. The van der Waals surface area contributed by atoms with Crippen molar-refractivity contribution in [3.63, 3.8) is 0 Å². The molecule has 1 aromatic heterocycles. The summed E-state index contributed by atoms with van der Waals surface area (Å²) in [4.78, 5) is 1.30. The van der Waals surface area contributed by atoms with Crippen molar-refractivity contribution in [2.24, 2.45) is 0 Å². The second kappa shape index (κ2) is 9.13. The maximum atomic E-state index is 13.2. The van der Waals surface area contributed by atoms with Crippen molar-refractivity contribution in [3.05, 3.63) is 103 Å². The molecule has 4 aromatic rings. The second-order valence-corrected chi connectivity index (χ2v) is 14.9. The average molecular weight is 563 g/mol. The highest BCUT2D eigenvalue weighted by Gasteiger charge is 2.54. The van der Waals surface area contributed by atoms with Gasteiger partial charge in [0.05, 0.1) is 28.2 Å². The SMILES string of the molecule is CC1(C)N([O-])C(c2cc3ccc4cc(C5=CSC(c6scc[s+]6)S5)cc(ccc(c2)c3)c4)=[N+]([O-])C1(C)C. The van der Waals surface area contributed by atoms with Gasteiger partial charge in [-0.3, -0.25) is 9.80 Å². The van der Waals surface area contributed by atoms with Crippen molar-refractivity contribution >= 4 is 78.5 Å². The molecule has 37 heavy (non-hydrogen) atoms. The number of thioether (sulfide) groups is 2. The van der Waals surface area contributed by atoms with Crippen molar-refractivity contribution in [3.8, 4) is 0 Å². The first-order valence-corrected chi connectivity index (χ1v) is 15.6. The Balaban J connectivity index is 1.42. The van der Waals surface area contributed by atoms with Crippen molar-refractivity contribution < 1.29 is 4.74 Å². The standard InChI is InChI=1S/C29H26N2O2S4/c1-28(2)29(3,4)31(33)25(30(28)32)23-15-20-7-5-18-11-19(6-8-21(12-20)16-23)14-22(13-18)24-17-36-27(37-24)26-34-9-10-35-26/h5-17,27H,1-4H3. The van der Waals surface area contributed by atoms with E-state index in [-0.39, 0.29) is 5.84 Å². The van der Waals surface area contributed by atoms with Crippen LogP contribution in [0.1, 0.15) is 47.6 Å². The van der Waals surface area contributed by atoms with E-state index < -0.39 is 11.1 Å². The summed E-state index contributed by atoms with van der Waals surface area (Å²) < 4.78 is 2.74. The molecule has 8 heteroatoms. The molecule has 1 atom stereocenters. The van der Waals surface area contributed by atoms with Crippen LogP contribution in [0.5, 0.6) is 0 Å². The minimum atomic E-state index is -0.848. The predicted molar refractivity (Wildman–Crippen MR) is 164 cm³/mol. The quantitative estimate of drug-likeness (QED) is 0.142. The highest BCUT2D eigenvalue weighted by atomic mass is 32.2. The Bertz CT molecular complexity index is 1570. The number of nitrogens with zero attached hydrogens (tertiary/aromatic N) is 2. The smallest absolute Gasteiger partial charge is 0.279 e. The summed E-state index contributed by atoms with van der Waals surface area (Å²) in [6.45, 7) is 7.30. The Hall–Kier alpha value is -2.36. The van der Waals surface area contributed by atoms with Crippen LogP contribution in [0.4, 0.5) is 0 Å². The number of amidine groups is 1. The summed E-state index contributed by atoms with van der Waals surface area (Å²) in [7, 11) is 0. The monoisotopic (exact) mass is 562 g/mol. The topological polar surface area (TPSA) is 52.4 Å². The van der Waals surface area contributed by atoms with E-state index in [1.807, 2.05) is 86.0 Å². The first-order chi connectivity index (χ1) is 17.6. The van der Waals surface area contributed by atoms with Crippen LogP contribution in [0.25, 0.3) is 26.5 Å². The largest absolute Gasteiger partial charge is 0.715 e. The zero-order valence-electron chi connectivity index (χ0n) is 20.9. The molecule has 0 radical (unpaired) electrons. The highest BCUT2D eigenvalue weighted by molar-refractivity contribution is 8.25. The number of hydrogen-bond acceptors (Lipinski definition) is 6. The molecule has 0 N–H and O–H groups in total. The number of hydroxylamine groups is 3. The van der Waals surface area contributed by atoms with Crippen molar-refractivity contribution in [2.75, 3.05) is 0 Å². The molecule has 0 fully saturated rings. The molecule has 4 nitrogen and oxygen atoms in total. The first kappa shape index (κ1) is 24.9. The molecule has 0 spiro atoms. The minimum absolute atomic E-state index is 0.168. The fourth-order valence-electron chi connectivity index (χ4n) is 4.60. The Labute approximate surface area is 233 Å². The van der Waals surface area contributed by atoms with Gasteiger partial charge in [-0.2, -0.15) is 0 Å². The van der Waals surface area contributed by atoms with Gasteiger partial charge in [-0.25, -0.2) is 0 Å². The molecule has 4 bridgehead atoms. The van der Waals surface area contributed by atoms with Crippen LogP contribution in [-0.2, 0) is 0 Å². The highest BCUT2D eigenvalue weighted by Crippen LogP contribution is 2.56.